The van der Waals surface area contributed by atoms with Crippen LogP contribution in [-0.4, -0.2) is 27.6 Å². The number of aromatic carboxylic acids is 1. The first-order valence-corrected chi connectivity index (χ1v) is 20.4. The Morgan fingerprint density at radius 2 is 1.41 bits per heavy atom. The van der Waals surface area contributed by atoms with Gasteiger partial charge in [0.25, 0.3) is 6.47 Å². The molecule has 2 N–H and O–H groups in total. The summed E-state index contributed by atoms with van der Waals surface area (Å²) < 4.78 is 0. The molecule has 1 heterocycles. The van der Waals surface area contributed by atoms with E-state index in [-0.39, 0.29) is 11.9 Å². The predicted octanol–water partition coefficient (Wildman–Crippen LogP) is 12.9. The molecule has 0 bridgehead atoms. The zero-order valence-electron chi connectivity index (χ0n) is 35.0. The van der Waals surface area contributed by atoms with Crippen LogP contribution in [0.1, 0.15) is 129 Å². The van der Waals surface area contributed by atoms with Crippen LogP contribution in [0.15, 0.2) is 73.5 Å². The van der Waals surface area contributed by atoms with Gasteiger partial charge in [0.1, 0.15) is 0 Å². The number of hydrogen-bond donors (Lipinski definition) is 2. The fraction of sp³-hybridized carbons (Fsp3) is 0.510. The van der Waals surface area contributed by atoms with Crippen molar-refractivity contribution in [2.75, 3.05) is 0 Å². The molecule has 5 nitrogen and oxygen atoms in total. The van der Waals surface area contributed by atoms with Gasteiger partial charge >= 0.3 is 5.97 Å². The van der Waals surface area contributed by atoms with Gasteiger partial charge in [-0.15, -0.1) is 32.3 Å². The van der Waals surface area contributed by atoms with Gasteiger partial charge in [0.2, 0.25) is 0 Å². The van der Waals surface area contributed by atoms with E-state index in [0.717, 1.165) is 29.7 Å². The van der Waals surface area contributed by atoms with Crippen molar-refractivity contribution in [1.29, 1.82) is 0 Å². The normalized spacial score (nSPS) is 32.9. The standard InChI is InChI=1S/C43H53NO2.C3H6.2C2H2.CH2O2/c1-39(2)31(28-15-13-27(14-16-28)30-26-44-34-12-8-7-10-29(34)37(30)38(45)46)19-22-41(4)35(39)20-23-43(6)36(41)18-17-33-32-11-9-21-40(32,3)24-25-42(33,43)5;1-3-2;2*1-2;2-1-3/h7-8,10,12-16,19,26,32-33,35-36H,9,11,17-18,20-25H2,1-6H3,(H,45,46);3H,1H2,2H3;2*1-2H;1H,(H,2,3)/t32?,33-,35?,36?,40-,41+,42-,43-;;;;/m1..../s1. The maximum atomic E-state index is 12.4. The van der Waals surface area contributed by atoms with Gasteiger partial charge in [-0.3, -0.25) is 9.78 Å². The van der Waals surface area contributed by atoms with E-state index in [2.05, 4.69) is 109 Å². The monoisotopic (exact) mass is 755 g/mol. The zero-order chi connectivity index (χ0) is 41.7. The lowest BCUT2D eigenvalue weighted by Crippen LogP contribution is -2.64. The molecular weight excluding hydrogens is 691 g/mol. The number of pyridine rings is 1. The Bertz CT molecular complexity index is 1940. The average molecular weight is 756 g/mol. The molecule has 5 aliphatic rings. The quantitative estimate of drug-likeness (QED) is 0.158. The number of carboxylic acids is 1. The summed E-state index contributed by atoms with van der Waals surface area (Å²) in [5.74, 6) is 2.38. The van der Waals surface area contributed by atoms with E-state index in [4.69, 9.17) is 9.90 Å². The second kappa shape index (κ2) is 17.3. The molecule has 0 saturated heterocycles. The highest BCUT2D eigenvalue weighted by molar-refractivity contribution is 6.08. The minimum absolute atomic E-state index is 0.0704. The lowest BCUT2D eigenvalue weighted by molar-refractivity contribution is -0.221. The number of allylic oxidation sites excluding steroid dienone is 3. The third kappa shape index (κ3) is 7.13. The number of carbonyl (C=O) groups is 2. The Morgan fingerprint density at radius 1 is 0.804 bits per heavy atom. The molecule has 3 unspecified atom stereocenters. The molecule has 4 fully saturated rings. The van der Waals surface area contributed by atoms with Gasteiger partial charge < -0.3 is 10.2 Å². The van der Waals surface area contributed by atoms with Crippen molar-refractivity contribution in [2.45, 2.75) is 113 Å². The lowest BCUT2D eigenvalue weighted by atomic mass is 9.33. The number of nitrogens with zero attached hydrogens (tertiary/aromatic N) is 1. The Morgan fingerprint density at radius 3 is 2.04 bits per heavy atom. The molecule has 2 aromatic carbocycles. The van der Waals surface area contributed by atoms with Crippen molar-refractivity contribution < 1.29 is 19.8 Å². The van der Waals surface area contributed by atoms with E-state index in [1.165, 1.54) is 68.9 Å². The first kappa shape index (κ1) is 44.1. The summed E-state index contributed by atoms with van der Waals surface area (Å²) in [7, 11) is 0. The van der Waals surface area contributed by atoms with Crippen LogP contribution in [-0.2, 0) is 4.79 Å². The average Bonchev–Trinajstić information content (AvgIpc) is 3.58. The van der Waals surface area contributed by atoms with E-state index >= 15 is 0 Å². The molecule has 1 aromatic heterocycles. The van der Waals surface area contributed by atoms with Gasteiger partial charge in [-0.05, 0) is 138 Å². The van der Waals surface area contributed by atoms with E-state index in [9.17, 15) is 9.90 Å². The van der Waals surface area contributed by atoms with Crippen LogP contribution in [0, 0.1) is 76.4 Å². The molecule has 0 radical (unpaired) electrons. The molecule has 298 valence electrons. The number of aromatic nitrogens is 1. The number of terminal acetylenes is 2. The minimum atomic E-state index is -0.911. The van der Waals surface area contributed by atoms with E-state index in [1.807, 2.05) is 31.2 Å². The van der Waals surface area contributed by atoms with Crippen molar-refractivity contribution in [2.24, 2.45) is 50.7 Å². The first-order valence-electron chi connectivity index (χ1n) is 20.4. The van der Waals surface area contributed by atoms with Crippen LogP contribution in [0.2, 0.25) is 0 Å². The minimum Gasteiger partial charge on any atom is -0.483 e. The second-order valence-corrected chi connectivity index (χ2v) is 18.3. The van der Waals surface area contributed by atoms with Crippen molar-refractivity contribution in [3.8, 4) is 36.8 Å². The maximum absolute atomic E-state index is 12.4. The number of benzene rings is 2. The van der Waals surface area contributed by atoms with Gasteiger partial charge in [-0.1, -0.05) is 103 Å². The number of para-hydroxylation sites is 1. The van der Waals surface area contributed by atoms with Crippen molar-refractivity contribution in [3.05, 3.63) is 84.6 Å². The van der Waals surface area contributed by atoms with Crippen molar-refractivity contribution in [3.63, 3.8) is 0 Å². The fourth-order valence-electron chi connectivity index (χ4n) is 13.4. The molecule has 0 amide bonds. The Hall–Kier alpha value is -4.61. The Labute approximate surface area is 337 Å². The van der Waals surface area contributed by atoms with Crippen LogP contribution in [0.3, 0.4) is 0 Å². The molecule has 56 heavy (non-hydrogen) atoms. The molecule has 5 heteroatoms. The summed E-state index contributed by atoms with van der Waals surface area (Å²) in [5.41, 5.74) is 7.25. The fourth-order valence-corrected chi connectivity index (χ4v) is 13.4. The van der Waals surface area contributed by atoms with Crippen LogP contribution >= 0.6 is 0 Å². The third-order valence-electron chi connectivity index (χ3n) is 15.9. The highest BCUT2D eigenvalue weighted by Crippen LogP contribution is 2.77. The Balaban J connectivity index is 0.000000639. The SMILES string of the molecule is C#C.C#C.C=CC.CC1(C)C(c2ccc(-c3cnc4ccccc4c3C(=O)O)cc2)=CC[C@@]2(C)C1CC[C@]1(C)C2CC[C@@H]2C3CCC[C@]3(C)CC[C@]21C.O=CO. The van der Waals surface area contributed by atoms with Gasteiger partial charge in [0, 0.05) is 17.1 Å². The number of fused-ring (bicyclic) bond motifs is 8. The molecule has 5 aliphatic carbocycles. The van der Waals surface area contributed by atoms with E-state index in [0.29, 0.717) is 49.6 Å². The van der Waals surface area contributed by atoms with Crippen LogP contribution in [0.25, 0.3) is 27.6 Å². The van der Waals surface area contributed by atoms with Crippen LogP contribution < -0.4 is 0 Å². The summed E-state index contributed by atoms with van der Waals surface area (Å²) in [4.78, 5) is 25.4. The number of hydrogen-bond acceptors (Lipinski definition) is 3. The van der Waals surface area contributed by atoms with Gasteiger partial charge in [0.05, 0.1) is 11.1 Å². The maximum Gasteiger partial charge on any atom is 0.337 e. The second-order valence-electron chi connectivity index (χ2n) is 18.3. The molecular formula is C51H65NO4. The van der Waals surface area contributed by atoms with Crippen LogP contribution in [0.5, 0.6) is 0 Å². The topological polar surface area (TPSA) is 87.5 Å². The zero-order valence-corrected chi connectivity index (χ0v) is 35.0. The summed E-state index contributed by atoms with van der Waals surface area (Å²) in [6, 6.07) is 16.2. The van der Waals surface area contributed by atoms with E-state index in [1.54, 1.807) is 12.3 Å². The molecule has 0 spiro atoms. The first-order chi connectivity index (χ1) is 26.7. The smallest absolute Gasteiger partial charge is 0.337 e. The highest BCUT2D eigenvalue weighted by atomic mass is 16.4. The largest absolute Gasteiger partial charge is 0.483 e. The molecule has 0 aliphatic heterocycles. The van der Waals surface area contributed by atoms with E-state index < -0.39 is 5.97 Å². The van der Waals surface area contributed by atoms with Gasteiger partial charge in [-0.2, -0.15) is 0 Å². The molecule has 3 aromatic rings. The third-order valence-corrected chi connectivity index (χ3v) is 15.9. The summed E-state index contributed by atoms with van der Waals surface area (Å²) in [5, 5.41) is 17.8. The summed E-state index contributed by atoms with van der Waals surface area (Å²) in [6.45, 7) is 20.9. The summed E-state index contributed by atoms with van der Waals surface area (Å²) in [6.07, 6.45) is 36.1. The molecule has 8 rings (SSSR count). The van der Waals surface area contributed by atoms with Crippen molar-refractivity contribution in [1.82, 2.24) is 4.98 Å². The number of carboxylic acid groups (broad SMARTS) is 2. The van der Waals surface area contributed by atoms with Crippen molar-refractivity contribution >= 4 is 28.9 Å². The number of rotatable bonds is 3. The molecule has 4 saturated carbocycles. The predicted molar refractivity (Wildman–Crippen MR) is 233 cm³/mol. The molecule has 8 atom stereocenters. The Kier molecular flexibility index (Phi) is 13.6. The lowest BCUT2D eigenvalue weighted by Gasteiger charge is -2.72. The van der Waals surface area contributed by atoms with Gasteiger partial charge in [0.15, 0.2) is 0 Å². The van der Waals surface area contributed by atoms with Gasteiger partial charge in [-0.25, -0.2) is 4.79 Å². The summed E-state index contributed by atoms with van der Waals surface area (Å²) >= 11 is 0. The highest BCUT2D eigenvalue weighted by Gasteiger charge is 2.68. The van der Waals surface area contributed by atoms with Crippen LogP contribution in [0.4, 0.5) is 0 Å².